The van der Waals surface area contributed by atoms with Crippen molar-refractivity contribution in [3.8, 4) is 11.7 Å². The van der Waals surface area contributed by atoms with E-state index >= 15 is 0 Å². The lowest BCUT2D eigenvalue weighted by atomic mass is 9.96. The van der Waals surface area contributed by atoms with Gasteiger partial charge in [0.05, 0.1) is 5.02 Å². The van der Waals surface area contributed by atoms with Crippen LogP contribution in [-0.4, -0.2) is 36.5 Å². The van der Waals surface area contributed by atoms with E-state index in [1.54, 1.807) is 30.3 Å². The standard InChI is InChI=1S/C18H19ClN2O3/c19-14-8-17(23-11-14)24-16-3-1-13(2-4-16)18(22)20-15-7-12-5-6-21(9-12)10-15/h1-4,8,11-12,15H,5-7,9-10H2,(H,20,22). The van der Waals surface area contributed by atoms with Crippen molar-refractivity contribution in [2.24, 2.45) is 5.92 Å². The van der Waals surface area contributed by atoms with E-state index in [1.807, 2.05) is 0 Å². The summed E-state index contributed by atoms with van der Waals surface area (Å²) in [5.41, 5.74) is 0.632. The van der Waals surface area contributed by atoms with E-state index in [1.165, 1.54) is 25.8 Å². The molecule has 3 unspecified atom stereocenters. The minimum atomic E-state index is -0.0323. The van der Waals surface area contributed by atoms with Crippen LogP contribution < -0.4 is 10.1 Å². The highest BCUT2D eigenvalue weighted by Gasteiger charge is 2.32. The van der Waals surface area contributed by atoms with Crippen LogP contribution in [0.15, 0.2) is 41.0 Å². The topological polar surface area (TPSA) is 54.7 Å². The molecule has 1 aromatic carbocycles. The number of ether oxygens (including phenoxy) is 1. The van der Waals surface area contributed by atoms with Crippen LogP contribution in [0.25, 0.3) is 0 Å². The van der Waals surface area contributed by atoms with Gasteiger partial charge in [-0.3, -0.25) is 4.79 Å². The number of hydrogen-bond donors (Lipinski definition) is 1. The van der Waals surface area contributed by atoms with Gasteiger partial charge < -0.3 is 19.4 Å². The van der Waals surface area contributed by atoms with Crippen LogP contribution in [0.2, 0.25) is 5.02 Å². The van der Waals surface area contributed by atoms with Crippen LogP contribution in [0.3, 0.4) is 0 Å². The van der Waals surface area contributed by atoms with Gasteiger partial charge in [0.1, 0.15) is 12.0 Å². The number of carbonyl (C=O) groups excluding carboxylic acids is 1. The number of furan rings is 1. The predicted molar refractivity (Wildman–Crippen MR) is 90.7 cm³/mol. The van der Waals surface area contributed by atoms with Gasteiger partial charge in [-0.25, -0.2) is 0 Å². The molecule has 2 fully saturated rings. The highest BCUT2D eigenvalue weighted by atomic mass is 35.5. The molecule has 0 aliphatic carbocycles. The zero-order valence-corrected chi connectivity index (χ0v) is 14.0. The van der Waals surface area contributed by atoms with Crippen molar-refractivity contribution in [1.29, 1.82) is 0 Å². The summed E-state index contributed by atoms with van der Waals surface area (Å²) in [6, 6.07) is 8.85. The van der Waals surface area contributed by atoms with Gasteiger partial charge in [-0.1, -0.05) is 11.6 Å². The molecule has 6 heteroatoms. The van der Waals surface area contributed by atoms with E-state index in [0.717, 1.165) is 18.9 Å². The second-order valence-corrected chi connectivity index (χ2v) is 6.97. The van der Waals surface area contributed by atoms with Crippen molar-refractivity contribution in [1.82, 2.24) is 10.2 Å². The lowest BCUT2D eigenvalue weighted by molar-refractivity contribution is 0.0909. The number of halogens is 1. The Bertz CT molecular complexity index is 716. The number of piperidine rings is 1. The number of benzene rings is 1. The molecule has 5 nitrogen and oxygen atoms in total. The van der Waals surface area contributed by atoms with Gasteiger partial charge in [0.15, 0.2) is 0 Å². The molecule has 3 heterocycles. The van der Waals surface area contributed by atoms with Crippen molar-refractivity contribution < 1.29 is 13.9 Å². The molecule has 2 bridgehead atoms. The molecule has 4 rings (SSSR count). The third-order valence-corrected chi connectivity index (χ3v) is 4.88. The number of rotatable bonds is 4. The lowest BCUT2D eigenvalue weighted by Crippen LogP contribution is -2.46. The molecule has 1 amide bonds. The molecule has 0 spiro atoms. The summed E-state index contributed by atoms with van der Waals surface area (Å²) in [5, 5.41) is 3.64. The van der Waals surface area contributed by atoms with Gasteiger partial charge in [-0.15, -0.1) is 0 Å². The summed E-state index contributed by atoms with van der Waals surface area (Å²) in [6.45, 7) is 3.32. The van der Waals surface area contributed by atoms with Crippen LogP contribution in [0.1, 0.15) is 23.2 Å². The molecular formula is C18H19ClN2O3. The van der Waals surface area contributed by atoms with E-state index in [0.29, 0.717) is 22.3 Å². The first-order valence-corrected chi connectivity index (χ1v) is 8.59. The molecule has 2 saturated heterocycles. The molecule has 126 valence electrons. The molecule has 1 N–H and O–H groups in total. The van der Waals surface area contributed by atoms with Crippen LogP contribution in [0, 0.1) is 5.92 Å². The Morgan fingerprint density at radius 1 is 1.29 bits per heavy atom. The number of nitrogens with zero attached hydrogens (tertiary/aromatic N) is 1. The third kappa shape index (κ3) is 3.42. The Labute approximate surface area is 145 Å². The van der Waals surface area contributed by atoms with Crippen molar-refractivity contribution in [3.63, 3.8) is 0 Å². The molecule has 24 heavy (non-hydrogen) atoms. The number of nitrogens with one attached hydrogen (secondary N) is 1. The minimum Gasteiger partial charge on any atom is -0.432 e. The minimum absolute atomic E-state index is 0.0323. The van der Waals surface area contributed by atoms with Gasteiger partial charge in [0.2, 0.25) is 0 Å². The predicted octanol–water partition coefficient (Wildman–Crippen LogP) is 3.55. The van der Waals surface area contributed by atoms with Gasteiger partial charge in [0.25, 0.3) is 11.9 Å². The molecule has 1 aromatic heterocycles. The fourth-order valence-corrected chi connectivity index (χ4v) is 3.71. The number of hydrogen-bond acceptors (Lipinski definition) is 4. The highest BCUT2D eigenvalue weighted by Crippen LogP contribution is 2.28. The maximum Gasteiger partial charge on any atom is 0.291 e. The smallest absolute Gasteiger partial charge is 0.291 e. The van der Waals surface area contributed by atoms with E-state index in [4.69, 9.17) is 20.8 Å². The zero-order chi connectivity index (χ0) is 16.5. The van der Waals surface area contributed by atoms with Gasteiger partial charge in [-0.05, 0) is 49.6 Å². The Balaban J connectivity index is 1.36. The summed E-state index contributed by atoms with van der Waals surface area (Å²) in [7, 11) is 0. The Kier molecular flexibility index (Phi) is 4.21. The third-order valence-electron chi connectivity index (χ3n) is 4.68. The molecule has 0 saturated carbocycles. The SMILES string of the molecule is O=C(NC1CC2CCN(C2)C1)c1ccc(Oc2cc(Cl)co2)cc1. The Hall–Kier alpha value is -1.98. The fraction of sp³-hybridized carbons (Fsp3) is 0.389. The van der Waals surface area contributed by atoms with Gasteiger partial charge in [-0.2, -0.15) is 0 Å². The van der Waals surface area contributed by atoms with Crippen LogP contribution in [-0.2, 0) is 0 Å². The Morgan fingerprint density at radius 2 is 2.12 bits per heavy atom. The number of carbonyl (C=O) groups is 1. The first kappa shape index (κ1) is 15.5. The molecule has 2 aromatic rings. The molecule has 0 radical (unpaired) electrons. The normalized spacial score (nSPS) is 25.5. The first-order valence-electron chi connectivity index (χ1n) is 8.21. The maximum atomic E-state index is 12.4. The summed E-state index contributed by atoms with van der Waals surface area (Å²) >= 11 is 5.78. The quantitative estimate of drug-likeness (QED) is 0.919. The number of fused-ring (bicyclic) bond motifs is 2. The van der Waals surface area contributed by atoms with Gasteiger partial charge >= 0.3 is 0 Å². The van der Waals surface area contributed by atoms with Crippen molar-refractivity contribution in [2.75, 3.05) is 19.6 Å². The average molecular weight is 347 g/mol. The lowest BCUT2D eigenvalue weighted by Gasteiger charge is -2.30. The second-order valence-electron chi connectivity index (χ2n) is 6.53. The monoisotopic (exact) mass is 346 g/mol. The number of amides is 1. The van der Waals surface area contributed by atoms with Crippen LogP contribution in [0.4, 0.5) is 0 Å². The second kappa shape index (κ2) is 6.49. The molecular weight excluding hydrogens is 328 g/mol. The summed E-state index contributed by atoms with van der Waals surface area (Å²) < 4.78 is 10.7. The molecule has 2 aliphatic rings. The largest absolute Gasteiger partial charge is 0.432 e. The van der Waals surface area contributed by atoms with Crippen molar-refractivity contribution in [3.05, 3.63) is 47.2 Å². The first-order chi connectivity index (χ1) is 11.7. The molecule has 3 atom stereocenters. The van der Waals surface area contributed by atoms with E-state index in [2.05, 4.69) is 10.2 Å². The maximum absolute atomic E-state index is 12.4. The fourth-order valence-electron chi connectivity index (χ4n) is 3.57. The summed E-state index contributed by atoms with van der Waals surface area (Å²) in [6.07, 6.45) is 3.75. The Morgan fingerprint density at radius 3 is 2.83 bits per heavy atom. The average Bonchev–Trinajstić information content (AvgIpc) is 3.13. The van der Waals surface area contributed by atoms with E-state index in [9.17, 15) is 4.79 Å². The highest BCUT2D eigenvalue weighted by molar-refractivity contribution is 6.30. The van der Waals surface area contributed by atoms with E-state index in [-0.39, 0.29) is 11.9 Å². The van der Waals surface area contributed by atoms with Crippen molar-refractivity contribution in [2.45, 2.75) is 18.9 Å². The molecule has 2 aliphatic heterocycles. The van der Waals surface area contributed by atoms with Gasteiger partial charge in [0, 0.05) is 30.8 Å². The zero-order valence-electron chi connectivity index (χ0n) is 13.2. The van der Waals surface area contributed by atoms with E-state index < -0.39 is 0 Å². The van der Waals surface area contributed by atoms with Crippen LogP contribution >= 0.6 is 11.6 Å². The van der Waals surface area contributed by atoms with Crippen molar-refractivity contribution >= 4 is 17.5 Å². The van der Waals surface area contributed by atoms with Crippen LogP contribution in [0.5, 0.6) is 11.7 Å². The summed E-state index contributed by atoms with van der Waals surface area (Å²) in [5.74, 6) is 1.62. The summed E-state index contributed by atoms with van der Waals surface area (Å²) in [4.78, 5) is 14.8.